The lowest BCUT2D eigenvalue weighted by Gasteiger charge is -2.29. The Hall–Kier alpha value is -3.21. The molecule has 29 heavy (non-hydrogen) atoms. The highest BCUT2D eigenvalue weighted by Gasteiger charge is 2.26. The maximum absolute atomic E-state index is 12.4. The molecule has 0 aliphatic carbocycles. The van der Waals surface area contributed by atoms with Crippen molar-refractivity contribution in [1.82, 2.24) is 9.88 Å². The van der Waals surface area contributed by atoms with E-state index in [0.29, 0.717) is 13.1 Å². The van der Waals surface area contributed by atoms with Crippen LogP contribution in [0.5, 0.6) is 0 Å². The molecular formula is C24H27N3O2. The summed E-state index contributed by atoms with van der Waals surface area (Å²) in [4.78, 5) is 17.7. The van der Waals surface area contributed by atoms with Gasteiger partial charge in [0, 0.05) is 40.8 Å². The molecule has 5 heteroatoms. The molecule has 1 aliphatic rings. The third-order valence-corrected chi connectivity index (χ3v) is 5.12. The summed E-state index contributed by atoms with van der Waals surface area (Å²) in [6.45, 7) is 6.83. The van der Waals surface area contributed by atoms with Gasteiger partial charge < -0.3 is 20.4 Å². The van der Waals surface area contributed by atoms with Gasteiger partial charge in [-0.25, -0.2) is 4.79 Å². The zero-order valence-corrected chi connectivity index (χ0v) is 17.2. The number of nitrogens with one attached hydrogen (secondary N) is 1. The molecule has 0 spiro atoms. The number of ether oxygens (including phenoxy) is 1. The molecule has 2 aromatic carbocycles. The van der Waals surface area contributed by atoms with Gasteiger partial charge in [0.1, 0.15) is 5.60 Å². The van der Waals surface area contributed by atoms with Crippen LogP contribution in [0.3, 0.4) is 0 Å². The van der Waals surface area contributed by atoms with Crippen LogP contribution in [0.25, 0.3) is 27.7 Å². The van der Waals surface area contributed by atoms with Crippen molar-refractivity contribution >= 4 is 28.3 Å². The molecule has 0 fully saturated rings. The van der Waals surface area contributed by atoms with Crippen molar-refractivity contribution in [3.63, 3.8) is 0 Å². The van der Waals surface area contributed by atoms with Crippen LogP contribution >= 0.6 is 0 Å². The van der Waals surface area contributed by atoms with Crippen molar-refractivity contribution in [2.45, 2.75) is 32.8 Å². The molecule has 4 rings (SSSR count). The Kier molecular flexibility index (Phi) is 4.82. The summed E-state index contributed by atoms with van der Waals surface area (Å²) >= 11 is 0. The lowest BCUT2D eigenvalue weighted by molar-refractivity contribution is 0.0270. The third-order valence-electron chi connectivity index (χ3n) is 5.12. The van der Waals surface area contributed by atoms with Gasteiger partial charge in [-0.1, -0.05) is 42.5 Å². The lowest BCUT2D eigenvalue weighted by atomic mass is 9.93. The minimum Gasteiger partial charge on any atom is -0.444 e. The summed E-state index contributed by atoms with van der Waals surface area (Å²) in [5.74, 6) is 0. The first-order valence-electron chi connectivity index (χ1n) is 9.96. The molecule has 1 amide bonds. The van der Waals surface area contributed by atoms with Gasteiger partial charge in [0.15, 0.2) is 0 Å². The van der Waals surface area contributed by atoms with Crippen LogP contribution in [0.2, 0.25) is 0 Å². The summed E-state index contributed by atoms with van der Waals surface area (Å²) in [5, 5.41) is 1.17. The van der Waals surface area contributed by atoms with Crippen LogP contribution in [-0.2, 0) is 4.74 Å². The van der Waals surface area contributed by atoms with E-state index in [1.54, 1.807) is 4.90 Å². The first-order chi connectivity index (χ1) is 13.8. The number of nitrogens with two attached hydrogens (primary N) is 1. The van der Waals surface area contributed by atoms with E-state index in [2.05, 4.69) is 23.2 Å². The molecule has 1 aromatic heterocycles. The number of nitrogens with zero attached hydrogens (tertiary/aromatic N) is 1. The molecule has 3 aromatic rings. The van der Waals surface area contributed by atoms with Crippen LogP contribution in [-0.4, -0.2) is 34.7 Å². The maximum Gasteiger partial charge on any atom is 0.410 e. The van der Waals surface area contributed by atoms with Crippen LogP contribution in [0.1, 0.15) is 32.8 Å². The van der Waals surface area contributed by atoms with Gasteiger partial charge in [-0.3, -0.25) is 0 Å². The van der Waals surface area contributed by atoms with Gasteiger partial charge in [0.05, 0.1) is 5.69 Å². The van der Waals surface area contributed by atoms with Gasteiger partial charge in [0.2, 0.25) is 0 Å². The number of nitrogen functional groups attached to an aromatic ring is 1. The number of H-pyrrole nitrogens is 1. The number of anilines is 1. The number of para-hydroxylation sites is 2. The fourth-order valence-corrected chi connectivity index (χ4v) is 3.79. The number of benzene rings is 2. The number of carbonyl (C=O) groups excluding carboxylic acids is 1. The maximum atomic E-state index is 12.4. The summed E-state index contributed by atoms with van der Waals surface area (Å²) in [5.41, 5.74) is 12.0. The predicted molar refractivity (Wildman–Crippen MR) is 119 cm³/mol. The van der Waals surface area contributed by atoms with E-state index >= 15 is 0 Å². The molecule has 0 atom stereocenters. The smallest absolute Gasteiger partial charge is 0.410 e. The van der Waals surface area contributed by atoms with Crippen molar-refractivity contribution in [1.29, 1.82) is 0 Å². The standard InChI is InChI=1S/C24H27N3O2/c1-24(2,3)29-23(28)27-14-12-16(13-15-27)21-18-9-5-7-11-20(18)26-22(21)17-8-4-6-10-19(17)25/h4-12,26H,13-15,25H2,1-3H3. The molecule has 150 valence electrons. The van der Waals surface area contributed by atoms with Crippen LogP contribution < -0.4 is 5.73 Å². The number of amides is 1. The van der Waals surface area contributed by atoms with Gasteiger partial charge >= 0.3 is 6.09 Å². The molecule has 0 unspecified atom stereocenters. The van der Waals surface area contributed by atoms with Crippen LogP contribution in [0, 0.1) is 0 Å². The van der Waals surface area contributed by atoms with Gasteiger partial charge in [-0.15, -0.1) is 0 Å². The minimum atomic E-state index is -0.490. The average molecular weight is 389 g/mol. The Bertz CT molecular complexity index is 1090. The quantitative estimate of drug-likeness (QED) is 0.573. The van der Waals surface area contributed by atoms with Gasteiger partial charge in [0.25, 0.3) is 0 Å². The van der Waals surface area contributed by atoms with E-state index in [0.717, 1.165) is 28.9 Å². The monoisotopic (exact) mass is 389 g/mol. The molecule has 2 heterocycles. The Morgan fingerprint density at radius 2 is 1.83 bits per heavy atom. The number of hydrogen-bond acceptors (Lipinski definition) is 3. The summed E-state index contributed by atoms with van der Waals surface area (Å²) < 4.78 is 5.52. The summed E-state index contributed by atoms with van der Waals surface area (Å²) in [7, 11) is 0. The molecular weight excluding hydrogens is 362 g/mol. The minimum absolute atomic E-state index is 0.265. The van der Waals surface area contributed by atoms with Crippen molar-refractivity contribution in [2.75, 3.05) is 18.8 Å². The second kappa shape index (κ2) is 7.32. The van der Waals surface area contributed by atoms with E-state index < -0.39 is 5.60 Å². The number of carbonyl (C=O) groups is 1. The highest BCUT2D eigenvalue weighted by atomic mass is 16.6. The zero-order valence-electron chi connectivity index (χ0n) is 17.2. The van der Waals surface area contributed by atoms with Crippen molar-refractivity contribution in [2.24, 2.45) is 0 Å². The highest BCUT2D eigenvalue weighted by Crippen LogP contribution is 2.39. The fraction of sp³-hybridized carbons (Fsp3) is 0.292. The second-order valence-corrected chi connectivity index (χ2v) is 8.41. The number of aromatic amines is 1. The van der Waals surface area contributed by atoms with Gasteiger partial charge in [-0.2, -0.15) is 0 Å². The lowest BCUT2D eigenvalue weighted by Crippen LogP contribution is -2.39. The molecule has 5 nitrogen and oxygen atoms in total. The summed E-state index contributed by atoms with van der Waals surface area (Å²) in [6.07, 6.45) is 2.63. The van der Waals surface area contributed by atoms with Crippen LogP contribution in [0.4, 0.5) is 10.5 Å². The zero-order chi connectivity index (χ0) is 20.6. The van der Waals surface area contributed by atoms with E-state index in [1.165, 1.54) is 16.5 Å². The average Bonchev–Trinajstić information content (AvgIpc) is 3.06. The molecule has 0 radical (unpaired) electrons. The van der Waals surface area contributed by atoms with Crippen molar-refractivity contribution in [3.05, 3.63) is 60.2 Å². The van der Waals surface area contributed by atoms with Gasteiger partial charge in [-0.05, 0) is 44.9 Å². The summed E-state index contributed by atoms with van der Waals surface area (Å²) in [6, 6.07) is 16.2. The van der Waals surface area contributed by atoms with E-state index in [9.17, 15) is 4.79 Å². The topological polar surface area (TPSA) is 71.3 Å². The van der Waals surface area contributed by atoms with Crippen LogP contribution in [0.15, 0.2) is 54.6 Å². The largest absolute Gasteiger partial charge is 0.444 e. The third kappa shape index (κ3) is 3.86. The SMILES string of the molecule is CC(C)(C)OC(=O)N1CC=C(c2c(-c3ccccc3N)[nH]c3ccccc23)CC1. The first-order valence-corrected chi connectivity index (χ1v) is 9.96. The number of aromatic nitrogens is 1. The van der Waals surface area contributed by atoms with Crippen molar-refractivity contribution in [3.8, 4) is 11.3 Å². The number of fused-ring (bicyclic) bond motifs is 1. The molecule has 1 aliphatic heterocycles. The Morgan fingerprint density at radius 3 is 2.52 bits per heavy atom. The predicted octanol–water partition coefficient (Wildman–Crippen LogP) is 5.44. The van der Waals surface area contributed by atoms with E-state index in [4.69, 9.17) is 10.5 Å². The highest BCUT2D eigenvalue weighted by molar-refractivity contribution is 6.01. The second-order valence-electron chi connectivity index (χ2n) is 8.41. The molecule has 0 saturated heterocycles. The molecule has 0 saturated carbocycles. The number of hydrogen-bond donors (Lipinski definition) is 2. The number of rotatable bonds is 2. The Labute approximate surface area is 171 Å². The Balaban J connectivity index is 1.72. The molecule has 3 N–H and O–H groups in total. The van der Waals surface area contributed by atoms with E-state index in [1.807, 2.05) is 57.2 Å². The molecule has 0 bridgehead atoms. The van der Waals surface area contributed by atoms with E-state index in [-0.39, 0.29) is 6.09 Å². The van der Waals surface area contributed by atoms with Crippen molar-refractivity contribution < 1.29 is 9.53 Å². The first kappa shape index (κ1) is 19.1. The normalized spacial score (nSPS) is 14.7. The Morgan fingerprint density at radius 1 is 1.10 bits per heavy atom. The fourth-order valence-electron chi connectivity index (χ4n) is 3.79.